The van der Waals surface area contributed by atoms with Gasteiger partial charge in [0.05, 0.1) is 5.69 Å². The molecule has 0 spiro atoms. The summed E-state index contributed by atoms with van der Waals surface area (Å²) in [7, 11) is 0. The predicted molar refractivity (Wildman–Crippen MR) is 71.1 cm³/mol. The largest absolute Gasteiger partial charge is 0.256 e. The van der Waals surface area contributed by atoms with Crippen LogP contribution in [0.1, 0.15) is 29.5 Å². The molecule has 1 aromatic carbocycles. The number of nitrogens with zero attached hydrogens (tertiary/aromatic N) is 1. The maximum atomic E-state index is 4.46. The van der Waals surface area contributed by atoms with E-state index in [0.717, 1.165) is 5.69 Å². The van der Waals surface area contributed by atoms with E-state index in [0.29, 0.717) is 0 Å². The normalized spacial score (nSPS) is 14.4. The van der Waals surface area contributed by atoms with Crippen LogP contribution in [0.4, 0.5) is 0 Å². The Hall–Kier alpha value is -1.63. The van der Waals surface area contributed by atoms with Gasteiger partial charge in [-0.2, -0.15) is 0 Å². The zero-order valence-corrected chi connectivity index (χ0v) is 10.2. The zero-order chi connectivity index (χ0) is 11.7. The Morgan fingerprint density at radius 2 is 1.76 bits per heavy atom. The van der Waals surface area contributed by atoms with Crippen molar-refractivity contribution in [3.05, 3.63) is 53.2 Å². The first-order chi connectivity index (χ1) is 8.33. The fourth-order valence-electron chi connectivity index (χ4n) is 2.59. The highest BCUT2D eigenvalue weighted by molar-refractivity contribution is 5.61. The minimum absolute atomic E-state index is 1.10. The molecule has 1 aliphatic rings. The first kappa shape index (κ1) is 10.5. The third-order valence-corrected chi connectivity index (χ3v) is 3.56. The fraction of sp³-hybridized carbons (Fsp3) is 0.312. The molecule has 1 heterocycles. The van der Waals surface area contributed by atoms with Crippen LogP contribution in [0.3, 0.4) is 0 Å². The SMILES string of the molecule is Cc1ccnc(-c2ccc3c(c2)CCCC3)c1. The van der Waals surface area contributed by atoms with Gasteiger partial charge in [0.1, 0.15) is 0 Å². The summed E-state index contributed by atoms with van der Waals surface area (Å²) in [6.45, 7) is 2.11. The molecule has 3 rings (SSSR count). The van der Waals surface area contributed by atoms with Crippen molar-refractivity contribution < 1.29 is 0 Å². The van der Waals surface area contributed by atoms with Gasteiger partial charge in [0, 0.05) is 11.8 Å². The minimum Gasteiger partial charge on any atom is -0.256 e. The maximum Gasteiger partial charge on any atom is 0.0704 e. The average molecular weight is 223 g/mol. The Morgan fingerprint density at radius 3 is 2.59 bits per heavy atom. The standard InChI is InChI=1S/C16H17N/c1-12-8-9-17-16(10-12)15-7-6-13-4-2-3-5-14(13)11-15/h6-11H,2-5H2,1H3. The van der Waals surface area contributed by atoms with Crippen molar-refractivity contribution in [3.63, 3.8) is 0 Å². The van der Waals surface area contributed by atoms with E-state index >= 15 is 0 Å². The molecule has 0 amide bonds. The average Bonchev–Trinajstić information content (AvgIpc) is 2.38. The second-order valence-corrected chi connectivity index (χ2v) is 4.91. The molecule has 0 fully saturated rings. The van der Waals surface area contributed by atoms with Crippen molar-refractivity contribution in [2.45, 2.75) is 32.6 Å². The van der Waals surface area contributed by atoms with Gasteiger partial charge in [-0.1, -0.05) is 12.1 Å². The molecule has 0 saturated carbocycles. The molecule has 2 aromatic rings. The van der Waals surface area contributed by atoms with E-state index in [9.17, 15) is 0 Å². The van der Waals surface area contributed by atoms with Crippen LogP contribution in [0.2, 0.25) is 0 Å². The first-order valence-corrected chi connectivity index (χ1v) is 6.38. The van der Waals surface area contributed by atoms with Gasteiger partial charge in [-0.05, 0) is 67.5 Å². The summed E-state index contributed by atoms with van der Waals surface area (Å²) in [5.74, 6) is 0. The van der Waals surface area contributed by atoms with Crippen molar-refractivity contribution in [3.8, 4) is 11.3 Å². The molecule has 17 heavy (non-hydrogen) atoms. The Kier molecular flexibility index (Phi) is 2.68. The minimum atomic E-state index is 1.10. The summed E-state index contributed by atoms with van der Waals surface area (Å²) in [5.41, 5.74) is 6.69. The predicted octanol–water partition coefficient (Wildman–Crippen LogP) is 3.94. The van der Waals surface area contributed by atoms with Crippen LogP contribution in [0.5, 0.6) is 0 Å². The molecule has 0 radical (unpaired) electrons. The molecule has 0 N–H and O–H groups in total. The van der Waals surface area contributed by atoms with E-state index < -0.39 is 0 Å². The van der Waals surface area contributed by atoms with Gasteiger partial charge in [-0.25, -0.2) is 0 Å². The molecule has 0 bridgehead atoms. The quantitative estimate of drug-likeness (QED) is 0.713. The molecule has 86 valence electrons. The van der Waals surface area contributed by atoms with E-state index in [1.807, 2.05) is 12.3 Å². The summed E-state index contributed by atoms with van der Waals surface area (Å²) < 4.78 is 0. The van der Waals surface area contributed by atoms with E-state index in [4.69, 9.17) is 0 Å². The number of benzene rings is 1. The summed E-state index contributed by atoms with van der Waals surface area (Å²) in [4.78, 5) is 4.46. The van der Waals surface area contributed by atoms with Crippen molar-refractivity contribution >= 4 is 0 Å². The number of pyridine rings is 1. The van der Waals surface area contributed by atoms with Gasteiger partial charge >= 0.3 is 0 Å². The van der Waals surface area contributed by atoms with Crippen LogP contribution >= 0.6 is 0 Å². The third-order valence-electron chi connectivity index (χ3n) is 3.56. The fourth-order valence-corrected chi connectivity index (χ4v) is 2.59. The third kappa shape index (κ3) is 2.10. The van der Waals surface area contributed by atoms with Crippen molar-refractivity contribution in [2.75, 3.05) is 0 Å². The molecule has 0 unspecified atom stereocenters. The lowest BCUT2D eigenvalue weighted by molar-refractivity contribution is 0.686. The summed E-state index contributed by atoms with van der Waals surface area (Å²) >= 11 is 0. The second kappa shape index (κ2) is 4.33. The van der Waals surface area contributed by atoms with Crippen LogP contribution in [0.25, 0.3) is 11.3 Å². The van der Waals surface area contributed by atoms with Crippen molar-refractivity contribution in [1.29, 1.82) is 0 Å². The van der Waals surface area contributed by atoms with Crippen LogP contribution in [0.15, 0.2) is 36.5 Å². The number of fused-ring (bicyclic) bond motifs is 1. The number of aryl methyl sites for hydroxylation is 3. The molecule has 1 aliphatic carbocycles. The topological polar surface area (TPSA) is 12.9 Å². The van der Waals surface area contributed by atoms with Gasteiger partial charge in [0.2, 0.25) is 0 Å². The lowest BCUT2D eigenvalue weighted by Gasteiger charge is -2.16. The van der Waals surface area contributed by atoms with Gasteiger partial charge in [-0.15, -0.1) is 0 Å². The molecule has 1 heteroatoms. The van der Waals surface area contributed by atoms with Crippen LogP contribution < -0.4 is 0 Å². The molecule has 1 nitrogen and oxygen atoms in total. The second-order valence-electron chi connectivity index (χ2n) is 4.91. The van der Waals surface area contributed by atoms with Gasteiger partial charge in [-0.3, -0.25) is 4.98 Å². The lowest BCUT2D eigenvalue weighted by atomic mass is 9.90. The highest BCUT2D eigenvalue weighted by atomic mass is 14.7. The van der Waals surface area contributed by atoms with E-state index in [2.05, 4.69) is 36.2 Å². The van der Waals surface area contributed by atoms with Crippen LogP contribution in [-0.4, -0.2) is 4.98 Å². The van der Waals surface area contributed by atoms with E-state index in [1.54, 1.807) is 0 Å². The maximum absolute atomic E-state index is 4.46. The number of aromatic nitrogens is 1. The smallest absolute Gasteiger partial charge is 0.0704 e. The summed E-state index contributed by atoms with van der Waals surface area (Å²) in [6, 6.07) is 11.0. The molecule has 1 aromatic heterocycles. The highest BCUT2D eigenvalue weighted by Gasteiger charge is 2.10. The summed E-state index contributed by atoms with van der Waals surface area (Å²) in [5, 5.41) is 0. The van der Waals surface area contributed by atoms with Crippen LogP contribution in [0, 0.1) is 6.92 Å². The van der Waals surface area contributed by atoms with Crippen molar-refractivity contribution in [2.24, 2.45) is 0 Å². The number of hydrogen-bond donors (Lipinski definition) is 0. The molecule has 0 atom stereocenters. The first-order valence-electron chi connectivity index (χ1n) is 6.38. The zero-order valence-electron chi connectivity index (χ0n) is 10.2. The Morgan fingerprint density at radius 1 is 0.941 bits per heavy atom. The van der Waals surface area contributed by atoms with Crippen LogP contribution in [-0.2, 0) is 12.8 Å². The van der Waals surface area contributed by atoms with E-state index in [-0.39, 0.29) is 0 Å². The van der Waals surface area contributed by atoms with Gasteiger partial charge < -0.3 is 0 Å². The molecule has 0 aliphatic heterocycles. The summed E-state index contributed by atoms with van der Waals surface area (Å²) in [6.07, 6.45) is 7.04. The molecular formula is C16H17N. The van der Waals surface area contributed by atoms with Crippen molar-refractivity contribution in [1.82, 2.24) is 4.98 Å². The Balaban J connectivity index is 2.04. The molecular weight excluding hydrogens is 206 g/mol. The van der Waals surface area contributed by atoms with E-state index in [1.165, 1.54) is 47.9 Å². The Labute approximate surface area is 103 Å². The lowest BCUT2D eigenvalue weighted by Crippen LogP contribution is -2.02. The number of hydrogen-bond acceptors (Lipinski definition) is 1. The van der Waals surface area contributed by atoms with Gasteiger partial charge in [0.25, 0.3) is 0 Å². The monoisotopic (exact) mass is 223 g/mol. The number of rotatable bonds is 1. The Bertz CT molecular complexity index is 543. The van der Waals surface area contributed by atoms with Gasteiger partial charge in [0.15, 0.2) is 0 Å². The highest BCUT2D eigenvalue weighted by Crippen LogP contribution is 2.26. The molecule has 0 saturated heterocycles.